The van der Waals surface area contributed by atoms with E-state index in [9.17, 15) is 4.79 Å². The first kappa shape index (κ1) is 17.6. The van der Waals surface area contributed by atoms with Gasteiger partial charge in [0.15, 0.2) is 5.69 Å². The summed E-state index contributed by atoms with van der Waals surface area (Å²) in [4.78, 5) is 14.2. The zero-order valence-corrected chi connectivity index (χ0v) is 15.2. The summed E-state index contributed by atoms with van der Waals surface area (Å²) < 4.78 is 6.91. The van der Waals surface area contributed by atoms with Gasteiger partial charge in [-0.1, -0.05) is 16.8 Å². The molecule has 1 atom stereocenters. The Bertz CT molecular complexity index is 697. The van der Waals surface area contributed by atoms with Crippen molar-refractivity contribution in [2.45, 2.75) is 58.7 Å². The van der Waals surface area contributed by atoms with Gasteiger partial charge in [-0.25, -0.2) is 0 Å². The van der Waals surface area contributed by atoms with Gasteiger partial charge in [-0.15, -0.1) is 5.10 Å². The van der Waals surface area contributed by atoms with Crippen LogP contribution in [0.4, 0.5) is 0 Å². The predicted molar refractivity (Wildman–Crippen MR) is 92.1 cm³/mol. The second-order valence-corrected chi connectivity index (χ2v) is 6.77. The Labute approximate surface area is 147 Å². The molecule has 0 spiro atoms. The molecular weight excluding hydrogens is 320 g/mol. The van der Waals surface area contributed by atoms with Gasteiger partial charge in [-0.2, -0.15) is 0 Å². The fourth-order valence-electron chi connectivity index (χ4n) is 3.20. The van der Waals surface area contributed by atoms with Gasteiger partial charge in [-0.05, 0) is 39.7 Å². The van der Waals surface area contributed by atoms with Crippen LogP contribution in [0.1, 0.15) is 53.2 Å². The van der Waals surface area contributed by atoms with Crippen LogP contribution in [0.5, 0.6) is 0 Å². The van der Waals surface area contributed by atoms with Crippen LogP contribution in [0.25, 0.3) is 0 Å². The number of amides is 1. The number of nitrogens with one attached hydrogen (secondary N) is 1. The van der Waals surface area contributed by atoms with E-state index in [1.807, 2.05) is 13.8 Å². The predicted octanol–water partition coefficient (Wildman–Crippen LogP) is 1.69. The molecule has 0 aliphatic carbocycles. The molecule has 3 heterocycles. The summed E-state index contributed by atoms with van der Waals surface area (Å²) in [6, 6.07) is 0.541. The van der Waals surface area contributed by atoms with Crippen LogP contribution in [0.2, 0.25) is 0 Å². The van der Waals surface area contributed by atoms with Crippen molar-refractivity contribution < 1.29 is 9.32 Å². The van der Waals surface area contributed by atoms with E-state index in [1.54, 1.807) is 22.8 Å². The highest BCUT2D eigenvalue weighted by Gasteiger charge is 2.20. The van der Waals surface area contributed by atoms with Crippen molar-refractivity contribution in [3.8, 4) is 0 Å². The molecule has 25 heavy (non-hydrogen) atoms. The molecular formula is C17H26N6O2. The average Bonchev–Trinajstić information content (AvgIpc) is 3.22. The van der Waals surface area contributed by atoms with Crippen LogP contribution >= 0.6 is 0 Å². The van der Waals surface area contributed by atoms with E-state index in [0.29, 0.717) is 18.3 Å². The molecule has 0 unspecified atom stereocenters. The molecule has 1 N–H and O–H groups in total. The summed E-state index contributed by atoms with van der Waals surface area (Å²) in [6.07, 6.45) is 6.49. The van der Waals surface area contributed by atoms with E-state index in [-0.39, 0.29) is 5.91 Å². The Kier molecular flexibility index (Phi) is 5.47. The van der Waals surface area contributed by atoms with Crippen LogP contribution in [0.15, 0.2) is 10.7 Å². The minimum absolute atomic E-state index is 0.151. The van der Waals surface area contributed by atoms with Crippen LogP contribution in [-0.4, -0.2) is 50.6 Å². The van der Waals surface area contributed by atoms with E-state index in [4.69, 9.17) is 4.52 Å². The molecule has 3 rings (SSSR count). The molecule has 2 aromatic heterocycles. The second kappa shape index (κ2) is 7.77. The van der Waals surface area contributed by atoms with Crippen molar-refractivity contribution in [1.29, 1.82) is 0 Å². The zero-order valence-electron chi connectivity index (χ0n) is 15.2. The van der Waals surface area contributed by atoms with Crippen molar-refractivity contribution in [3.05, 3.63) is 28.9 Å². The molecule has 0 aromatic carbocycles. The van der Waals surface area contributed by atoms with Crippen LogP contribution < -0.4 is 5.32 Å². The molecule has 136 valence electrons. The van der Waals surface area contributed by atoms with Crippen LogP contribution in [0, 0.1) is 13.8 Å². The van der Waals surface area contributed by atoms with E-state index in [2.05, 4.69) is 20.8 Å². The first-order valence-corrected chi connectivity index (χ1v) is 8.85. The van der Waals surface area contributed by atoms with Crippen molar-refractivity contribution in [1.82, 2.24) is 30.4 Å². The first-order chi connectivity index (χ1) is 12.0. The summed E-state index contributed by atoms with van der Waals surface area (Å²) in [7, 11) is 1.75. The second-order valence-electron chi connectivity index (χ2n) is 6.77. The van der Waals surface area contributed by atoms with Crippen LogP contribution in [-0.2, 0) is 13.1 Å². The zero-order chi connectivity index (χ0) is 17.8. The van der Waals surface area contributed by atoms with E-state index < -0.39 is 0 Å². The Morgan fingerprint density at radius 1 is 1.44 bits per heavy atom. The van der Waals surface area contributed by atoms with Crippen molar-refractivity contribution >= 4 is 5.91 Å². The third-order valence-corrected chi connectivity index (χ3v) is 4.80. The number of rotatable bonds is 6. The summed E-state index contributed by atoms with van der Waals surface area (Å²) in [5, 5.41) is 15.6. The lowest BCUT2D eigenvalue weighted by atomic mass is 10.0. The van der Waals surface area contributed by atoms with Crippen LogP contribution in [0.3, 0.4) is 0 Å². The number of piperidine rings is 1. The highest BCUT2D eigenvalue weighted by atomic mass is 16.5. The quantitative estimate of drug-likeness (QED) is 0.856. The van der Waals surface area contributed by atoms with Gasteiger partial charge in [0.25, 0.3) is 5.91 Å². The van der Waals surface area contributed by atoms with Gasteiger partial charge in [0, 0.05) is 25.2 Å². The Hall–Kier alpha value is -2.22. The van der Waals surface area contributed by atoms with E-state index in [1.165, 1.54) is 19.3 Å². The SMILES string of the molecule is Cc1noc(C)c1CN(C)C(=O)c1cn(CC[C@@H]2CCCCN2)nn1. The molecule has 0 saturated carbocycles. The number of carbonyl (C=O) groups is 1. The van der Waals surface area contributed by atoms with Gasteiger partial charge in [0.05, 0.1) is 18.4 Å². The molecule has 1 aliphatic rings. The Morgan fingerprint density at radius 3 is 2.96 bits per heavy atom. The normalized spacial score (nSPS) is 17.6. The average molecular weight is 346 g/mol. The molecule has 0 radical (unpaired) electrons. The van der Waals surface area contributed by atoms with Crippen molar-refractivity contribution in [3.63, 3.8) is 0 Å². The standard InChI is InChI=1S/C17H26N6O2/c1-12-15(13(2)25-20-12)10-22(3)17(24)16-11-23(21-19-16)9-7-14-6-4-5-8-18-14/h11,14,18H,4-10H2,1-3H3/t14-/m0/s1. The fourth-order valence-corrected chi connectivity index (χ4v) is 3.20. The lowest BCUT2D eigenvalue weighted by Gasteiger charge is -2.23. The monoisotopic (exact) mass is 346 g/mol. The lowest BCUT2D eigenvalue weighted by molar-refractivity contribution is 0.0778. The molecule has 1 amide bonds. The molecule has 1 fully saturated rings. The third kappa shape index (κ3) is 4.25. The van der Waals surface area contributed by atoms with Crippen molar-refractivity contribution in [2.75, 3.05) is 13.6 Å². The molecule has 1 saturated heterocycles. The third-order valence-electron chi connectivity index (χ3n) is 4.80. The molecule has 1 aliphatic heterocycles. The highest BCUT2D eigenvalue weighted by molar-refractivity contribution is 5.91. The number of hydrogen-bond donors (Lipinski definition) is 1. The summed E-state index contributed by atoms with van der Waals surface area (Å²) in [6.45, 7) is 6.03. The molecule has 2 aromatic rings. The van der Waals surface area contributed by atoms with Gasteiger partial charge >= 0.3 is 0 Å². The summed E-state index contributed by atoms with van der Waals surface area (Å²) in [5.74, 6) is 0.586. The topological polar surface area (TPSA) is 89.1 Å². The minimum atomic E-state index is -0.151. The maximum Gasteiger partial charge on any atom is 0.276 e. The van der Waals surface area contributed by atoms with Gasteiger partial charge in [-0.3, -0.25) is 9.48 Å². The fraction of sp³-hybridized carbons (Fsp3) is 0.647. The minimum Gasteiger partial charge on any atom is -0.361 e. The Morgan fingerprint density at radius 2 is 2.28 bits per heavy atom. The Balaban J connectivity index is 1.56. The summed E-state index contributed by atoms with van der Waals surface area (Å²) in [5.41, 5.74) is 2.11. The number of hydrogen-bond acceptors (Lipinski definition) is 6. The molecule has 8 heteroatoms. The number of aromatic nitrogens is 4. The van der Waals surface area contributed by atoms with Gasteiger partial charge in [0.1, 0.15) is 5.76 Å². The number of nitrogens with zero attached hydrogens (tertiary/aromatic N) is 5. The first-order valence-electron chi connectivity index (χ1n) is 8.85. The van der Waals surface area contributed by atoms with E-state index >= 15 is 0 Å². The van der Waals surface area contributed by atoms with E-state index in [0.717, 1.165) is 36.5 Å². The molecule has 8 nitrogen and oxygen atoms in total. The van der Waals surface area contributed by atoms with Gasteiger partial charge in [0.2, 0.25) is 0 Å². The molecule has 0 bridgehead atoms. The highest BCUT2D eigenvalue weighted by Crippen LogP contribution is 2.15. The maximum absolute atomic E-state index is 12.6. The smallest absolute Gasteiger partial charge is 0.276 e. The number of carbonyl (C=O) groups excluding carboxylic acids is 1. The number of aryl methyl sites for hydroxylation is 3. The lowest BCUT2D eigenvalue weighted by Crippen LogP contribution is -2.34. The largest absolute Gasteiger partial charge is 0.361 e. The van der Waals surface area contributed by atoms with Gasteiger partial charge < -0.3 is 14.7 Å². The summed E-state index contributed by atoms with van der Waals surface area (Å²) >= 11 is 0. The van der Waals surface area contributed by atoms with Crippen molar-refractivity contribution in [2.24, 2.45) is 0 Å². The maximum atomic E-state index is 12.6.